The number of anilines is 1. The van der Waals surface area contributed by atoms with Gasteiger partial charge in [-0.1, -0.05) is 66.2 Å². The van der Waals surface area contributed by atoms with E-state index in [0.717, 1.165) is 16.7 Å². The van der Waals surface area contributed by atoms with E-state index < -0.39 is 12.2 Å². The second kappa shape index (κ2) is 8.88. The Morgan fingerprint density at radius 1 is 1.03 bits per heavy atom. The van der Waals surface area contributed by atoms with Crippen LogP contribution in [0.4, 0.5) is 5.95 Å². The van der Waals surface area contributed by atoms with Crippen molar-refractivity contribution in [2.45, 2.75) is 24.7 Å². The van der Waals surface area contributed by atoms with Crippen molar-refractivity contribution in [1.29, 1.82) is 0 Å². The topological polar surface area (TPSA) is 103 Å². The van der Waals surface area contributed by atoms with Gasteiger partial charge in [0.1, 0.15) is 6.10 Å². The van der Waals surface area contributed by atoms with E-state index >= 15 is 0 Å². The number of halogens is 1. The average molecular weight is 451 g/mol. The number of aliphatic hydroxyl groups is 2. The summed E-state index contributed by atoms with van der Waals surface area (Å²) in [6, 6.07) is 20.0. The minimum Gasteiger partial charge on any atom is -0.394 e. The Morgan fingerprint density at radius 2 is 1.75 bits per heavy atom. The number of fused-ring (bicyclic) bond motifs is 1. The molecule has 1 fully saturated rings. The van der Waals surface area contributed by atoms with Crippen LogP contribution >= 0.6 is 11.6 Å². The van der Waals surface area contributed by atoms with Gasteiger partial charge >= 0.3 is 0 Å². The third kappa shape index (κ3) is 4.20. The second-order valence-electron chi connectivity index (χ2n) is 7.92. The van der Waals surface area contributed by atoms with Gasteiger partial charge in [-0.15, -0.1) is 0 Å². The second-order valence-corrected chi connectivity index (χ2v) is 8.32. The lowest BCUT2D eigenvalue weighted by Crippen LogP contribution is -2.45. The van der Waals surface area contributed by atoms with Crippen molar-refractivity contribution in [3.63, 3.8) is 0 Å². The summed E-state index contributed by atoms with van der Waals surface area (Å²) in [4.78, 5) is 12.4. The summed E-state index contributed by atoms with van der Waals surface area (Å²) in [6.45, 7) is 0.169. The van der Waals surface area contributed by atoms with Gasteiger partial charge in [-0.05, 0) is 23.6 Å². The number of ether oxygens (including phenoxy) is 1. The van der Waals surface area contributed by atoms with Crippen molar-refractivity contribution < 1.29 is 14.9 Å². The van der Waals surface area contributed by atoms with Crippen LogP contribution in [0.3, 0.4) is 0 Å². The molecule has 32 heavy (non-hydrogen) atoms. The van der Waals surface area contributed by atoms with Crippen molar-refractivity contribution in [2.24, 2.45) is 0 Å². The molecular formula is C24H23ClN4O3. The Balaban J connectivity index is 1.37. The maximum atomic E-state index is 10.1. The Bertz CT molecular complexity index is 1210. The fraction of sp³-hybridized carbons (Fsp3) is 0.250. The molecule has 164 valence electrons. The van der Waals surface area contributed by atoms with E-state index in [9.17, 15) is 10.2 Å². The Hall–Kier alpha value is -2.97. The molecule has 7 nitrogen and oxygen atoms in total. The first-order chi connectivity index (χ1) is 15.6. The molecule has 1 aliphatic heterocycles. The lowest BCUT2D eigenvalue weighted by Gasteiger charge is -2.32. The molecule has 4 aromatic rings. The van der Waals surface area contributed by atoms with Gasteiger partial charge in [-0.3, -0.25) is 0 Å². The molecule has 0 radical (unpaired) electrons. The first kappa shape index (κ1) is 20.9. The SMILES string of the molecule is OCC1OCC(Nc2nc3nc(-c4ccc(-c5ccccc5)cc4)c(Cl)cc3[nH]2)CC1O. The summed E-state index contributed by atoms with van der Waals surface area (Å²) in [5.41, 5.74) is 5.11. The van der Waals surface area contributed by atoms with Gasteiger partial charge in [0.2, 0.25) is 5.95 Å². The van der Waals surface area contributed by atoms with Gasteiger partial charge in [-0.25, -0.2) is 4.98 Å². The van der Waals surface area contributed by atoms with E-state index in [1.54, 1.807) is 0 Å². The van der Waals surface area contributed by atoms with Crippen molar-refractivity contribution in [3.8, 4) is 22.4 Å². The molecule has 0 saturated carbocycles. The number of rotatable bonds is 5. The zero-order valence-corrected chi connectivity index (χ0v) is 18.0. The number of hydrogen-bond acceptors (Lipinski definition) is 6. The largest absolute Gasteiger partial charge is 0.394 e. The molecule has 1 aliphatic rings. The number of aliphatic hydroxyl groups excluding tert-OH is 2. The molecule has 3 heterocycles. The number of H-pyrrole nitrogens is 1. The van der Waals surface area contributed by atoms with Crippen LogP contribution in [-0.4, -0.2) is 56.6 Å². The summed E-state index contributed by atoms with van der Waals surface area (Å²) in [5, 5.41) is 23.0. The normalized spacial score (nSPS) is 21.0. The molecule has 5 rings (SSSR count). The number of benzene rings is 2. The molecular weight excluding hydrogens is 428 g/mol. The number of hydrogen-bond donors (Lipinski definition) is 4. The van der Waals surface area contributed by atoms with Crippen LogP contribution in [0, 0.1) is 0 Å². The molecule has 4 N–H and O–H groups in total. The fourth-order valence-corrected chi connectivity index (χ4v) is 4.23. The summed E-state index contributed by atoms with van der Waals surface area (Å²) < 4.78 is 5.50. The van der Waals surface area contributed by atoms with E-state index in [-0.39, 0.29) is 12.6 Å². The number of nitrogens with zero attached hydrogens (tertiary/aromatic N) is 2. The van der Waals surface area contributed by atoms with Crippen LogP contribution in [0.5, 0.6) is 0 Å². The summed E-state index contributed by atoms with van der Waals surface area (Å²) in [5.74, 6) is 0.531. The molecule has 3 atom stereocenters. The number of aromatic amines is 1. The molecule has 0 aliphatic carbocycles. The first-order valence-corrected chi connectivity index (χ1v) is 10.9. The highest BCUT2D eigenvalue weighted by atomic mass is 35.5. The smallest absolute Gasteiger partial charge is 0.203 e. The van der Waals surface area contributed by atoms with Crippen molar-refractivity contribution in [3.05, 3.63) is 65.7 Å². The van der Waals surface area contributed by atoms with Crippen molar-refractivity contribution in [1.82, 2.24) is 15.0 Å². The van der Waals surface area contributed by atoms with Crippen molar-refractivity contribution >= 4 is 28.7 Å². The monoisotopic (exact) mass is 450 g/mol. The zero-order chi connectivity index (χ0) is 22.1. The Morgan fingerprint density at radius 3 is 2.47 bits per heavy atom. The first-order valence-electron chi connectivity index (χ1n) is 10.5. The number of imidazole rings is 1. The Labute approximate surface area is 190 Å². The molecule has 0 bridgehead atoms. The lowest BCUT2D eigenvalue weighted by molar-refractivity contribution is -0.0984. The van der Waals surface area contributed by atoms with E-state index in [1.807, 2.05) is 36.4 Å². The molecule has 8 heteroatoms. The molecule has 1 saturated heterocycles. The van der Waals surface area contributed by atoms with Gasteiger partial charge in [0.15, 0.2) is 5.65 Å². The Kier molecular flexibility index (Phi) is 5.80. The van der Waals surface area contributed by atoms with E-state index in [4.69, 9.17) is 16.3 Å². The van der Waals surface area contributed by atoms with Gasteiger partial charge in [0.05, 0.1) is 41.6 Å². The van der Waals surface area contributed by atoms with E-state index in [2.05, 4.69) is 44.5 Å². The minimum atomic E-state index is -0.728. The fourth-order valence-electron chi connectivity index (χ4n) is 3.97. The van der Waals surface area contributed by atoms with Crippen LogP contribution in [-0.2, 0) is 4.74 Å². The number of pyridine rings is 1. The molecule has 0 spiro atoms. The van der Waals surface area contributed by atoms with Crippen molar-refractivity contribution in [2.75, 3.05) is 18.5 Å². The van der Waals surface area contributed by atoms with Gasteiger partial charge < -0.3 is 25.3 Å². The maximum Gasteiger partial charge on any atom is 0.203 e. The van der Waals surface area contributed by atoms with Gasteiger partial charge in [0.25, 0.3) is 0 Å². The van der Waals surface area contributed by atoms with Gasteiger partial charge in [-0.2, -0.15) is 4.98 Å². The molecule has 0 amide bonds. The van der Waals surface area contributed by atoms with E-state index in [1.165, 1.54) is 0 Å². The minimum absolute atomic E-state index is 0.131. The van der Waals surface area contributed by atoms with Crippen LogP contribution in [0.15, 0.2) is 60.7 Å². The van der Waals surface area contributed by atoms with Crippen LogP contribution in [0.2, 0.25) is 5.02 Å². The number of aromatic nitrogens is 3. The predicted octanol–water partition coefficient (Wildman–Crippen LogP) is 3.87. The average Bonchev–Trinajstić information content (AvgIpc) is 3.20. The van der Waals surface area contributed by atoms with Crippen LogP contribution < -0.4 is 5.32 Å². The summed E-state index contributed by atoms with van der Waals surface area (Å²) >= 11 is 6.54. The molecule has 2 aromatic heterocycles. The zero-order valence-electron chi connectivity index (χ0n) is 17.2. The quantitative estimate of drug-likeness (QED) is 0.368. The third-order valence-electron chi connectivity index (χ3n) is 5.68. The highest BCUT2D eigenvalue weighted by molar-refractivity contribution is 6.33. The highest BCUT2D eigenvalue weighted by Crippen LogP contribution is 2.31. The van der Waals surface area contributed by atoms with Gasteiger partial charge in [0, 0.05) is 5.56 Å². The standard InChI is InChI=1S/C24H23ClN4O3/c25-18-11-19-23(29-24(27-19)26-17-10-20(31)21(12-30)32-13-17)28-22(18)16-8-6-15(7-9-16)14-4-2-1-3-5-14/h1-9,11,17,20-21,30-31H,10,12-13H2,(H2,26,27,28,29). The maximum absolute atomic E-state index is 10.1. The molecule has 3 unspecified atom stereocenters. The van der Waals surface area contributed by atoms with E-state index in [0.29, 0.717) is 40.9 Å². The number of nitrogens with one attached hydrogen (secondary N) is 2. The lowest BCUT2D eigenvalue weighted by atomic mass is 10.0. The predicted molar refractivity (Wildman–Crippen MR) is 125 cm³/mol. The summed E-state index contributed by atoms with van der Waals surface area (Å²) in [6.07, 6.45) is -0.816. The summed E-state index contributed by atoms with van der Waals surface area (Å²) in [7, 11) is 0. The highest BCUT2D eigenvalue weighted by Gasteiger charge is 2.29. The molecule has 2 aromatic carbocycles. The van der Waals surface area contributed by atoms with Crippen LogP contribution in [0.1, 0.15) is 6.42 Å². The third-order valence-corrected chi connectivity index (χ3v) is 5.97. The van der Waals surface area contributed by atoms with Crippen LogP contribution in [0.25, 0.3) is 33.5 Å².